The molecule has 0 aromatic heterocycles. The van der Waals surface area contributed by atoms with Crippen LogP contribution in [0, 0.1) is 10.1 Å². The quantitative estimate of drug-likeness (QED) is 0.115. The number of fused-ring (bicyclic) bond motifs is 2. The summed E-state index contributed by atoms with van der Waals surface area (Å²) in [5.41, 5.74) is 0.673. The number of nitrogens with one attached hydrogen (secondary N) is 1. The maximum Gasteiger partial charge on any atom is 0.286 e. The minimum absolute atomic E-state index is 0.00745. The number of nitrogens with zero attached hydrogens (tertiary/aromatic N) is 3. The van der Waals surface area contributed by atoms with Gasteiger partial charge in [-0.05, 0) is 44.4 Å². The second-order valence-electron chi connectivity index (χ2n) is 11.5. The highest BCUT2D eigenvalue weighted by Crippen LogP contribution is 2.39. The van der Waals surface area contributed by atoms with E-state index in [2.05, 4.69) is 5.32 Å². The summed E-state index contributed by atoms with van der Waals surface area (Å²) >= 11 is 1.63. The second-order valence-corrected chi connectivity index (χ2v) is 12.9. The standard InChI is InChI=1S/C33H44N4O9S/c1-5-44-33(47-6-2)25-11-8-13-36(25)32(39)23-17-28(43-4)30(19-26(23)37(40)41)46-15-9-14-45-29-18-24-22(16-27(29)42-3)31(38)35-12-7-10-21(35)20-34-24/h16-19,21,25,33-34H,5-15,20H2,1-4H3/t21-,25-,33?/m0/s1. The monoisotopic (exact) mass is 672 g/mol. The normalized spacial score (nSPS) is 19.4. The molecule has 0 aliphatic carbocycles. The van der Waals surface area contributed by atoms with Crippen molar-refractivity contribution in [3.05, 3.63) is 45.5 Å². The average molecular weight is 673 g/mol. The summed E-state index contributed by atoms with van der Waals surface area (Å²) in [6.45, 7) is 6.82. The topological polar surface area (TPSA) is 142 Å². The van der Waals surface area contributed by atoms with Crippen molar-refractivity contribution in [1.29, 1.82) is 0 Å². The predicted octanol–water partition coefficient (Wildman–Crippen LogP) is 5.21. The SMILES string of the molecule is CCOC(SCC)[C@@H]1CCCN1C(=O)c1cc(OC)c(OCCCOc2cc3c(cc2OC)C(=O)N2CCC[C@H]2CN3)cc1[N+](=O)[O-]. The minimum Gasteiger partial charge on any atom is -0.493 e. The molecule has 47 heavy (non-hydrogen) atoms. The van der Waals surface area contributed by atoms with Crippen molar-refractivity contribution in [3.8, 4) is 23.0 Å². The van der Waals surface area contributed by atoms with E-state index < -0.39 is 10.8 Å². The summed E-state index contributed by atoms with van der Waals surface area (Å²) in [6, 6.07) is 6.15. The van der Waals surface area contributed by atoms with E-state index >= 15 is 0 Å². The minimum atomic E-state index is -0.567. The highest BCUT2D eigenvalue weighted by atomic mass is 32.2. The van der Waals surface area contributed by atoms with E-state index in [9.17, 15) is 19.7 Å². The van der Waals surface area contributed by atoms with Gasteiger partial charge in [-0.2, -0.15) is 0 Å². The number of methoxy groups -OCH3 is 2. The maximum absolute atomic E-state index is 13.7. The first kappa shape index (κ1) is 34.4. The van der Waals surface area contributed by atoms with Gasteiger partial charge in [0.25, 0.3) is 17.5 Å². The zero-order valence-electron chi connectivity index (χ0n) is 27.5. The second kappa shape index (κ2) is 15.8. The van der Waals surface area contributed by atoms with E-state index in [1.807, 2.05) is 18.7 Å². The van der Waals surface area contributed by atoms with Crippen molar-refractivity contribution in [2.75, 3.05) is 64.7 Å². The van der Waals surface area contributed by atoms with Gasteiger partial charge in [-0.3, -0.25) is 19.7 Å². The van der Waals surface area contributed by atoms with Crippen LogP contribution < -0.4 is 24.3 Å². The number of likely N-dealkylation sites (tertiary alicyclic amines) is 1. The zero-order chi connectivity index (χ0) is 33.5. The molecule has 3 atom stereocenters. The number of amides is 2. The van der Waals surface area contributed by atoms with Crippen molar-refractivity contribution >= 4 is 35.0 Å². The summed E-state index contributed by atoms with van der Waals surface area (Å²) in [4.78, 5) is 42.1. The lowest BCUT2D eigenvalue weighted by atomic mass is 10.1. The number of carbonyl (C=O) groups excluding carboxylic acids is 2. The fraction of sp³-hybridized carbons (Fsp3) is 0.576. The molecule has 3 aliphatic rings. The Hall–Kier alpha value is -3.91. The van der Waals surface area contributed by atoms with E-state index in [0.717, 1.165) is 38.0 Å². The number of thioether (sulfide) groups is 1. The number of carbonyl (C=O) groups is 2. The highest BCUT2D eigenvalue weighted by Gasteiger charge is 2.39. The molecule has 256 valence electrons. The first-order valence-corrected chi connectivity index (χ1v) is 17.3. The average Bonchev–Trinajstić information content (AvgIpc) is 3.74. The molecule has 1 N–H and O–H groups in total. The van der Waals surface area contributed by atoms with Crippen LogP contribution in [0.25, 0.3) is 0 Å². The van der Waals surface area contributed by atoms with Crippen LogP contribution in [0.15, 0.2) is 24.3 Å². The van der Waals surface area contributed by atoms with E-state index in [1.165, 1.54) is 26.4 Å². The third-order valence-corrected chi connectivity index (χ3v) is 9.86. The Morgan fingerprint density at radius 3 is 2.40 bits per heavy atom. The smallest absolute Gasteiger partial charge is 0.286 e. The molecule has 2 aromatic carbocycles. The molecule has 2 fully saturated rings. The van der Waals surface area contributed by atoms with Crippen LogP contribution in [-0.2, 0) is 4.74 Å². The Morgan fingerprint density at radius 1 is 1.02 bits per heavy atom. The number of benzene rings is 2. The van der Waals surface area contributed by atoms with Crippen LogP contribution in [0.2, 0.25) is 0 Å². The number of rotatable bonds is 15. The lowest BCUT2D eigenvalue weighted by Gasteiger charge is -2.31. The van der Waals surface area contributed by atoms with Gasteiger partial charge in [0.2, 0.25) is 0 Å². The van der Waals surface area contributed by atoms with Gasteiger partial charge >= 0.3 is 0 Å². The zero-order valence-corrected chi connectivity index (χ0v) is 28.3. The molecule has 0 bridgehead atoms. The lowest BCUT2D eigenvalue weighted by Crippen LogP contribution is -2.43. The van der Waals surface area contributed by atoms with E-state index in [0.29, 0.717) is 48.9 Å². The molecule has 3 heterocycles. The fourth-order valence-corrected chi connectivity index (χ4v) is 7.57. The maximum atomic E-state index is 13.7. The Balaban J connectivity index is 1.24. The van der Waals surface area contributed by atoms with Crippen LogP contribution in [0.1, 0.15) is 66.7 Å². The van der Waals surface area contributed by atoms with E-state index in [1.54, 1.807) is 28.8 Å². The van der Waals surface area contributed by atoms with Crippen molar-refractivity contribution < 1.29 is 38.2 Å². The summed E-state index contributed by atoms with van der Waals surface area (Å²) in [5.74, 6) is 1.73. The van der Waals surface area contributed by atoms with Crippen LogP contribution >= 0.6 is 11.8 Å². The van der Waals surface area contributed by atoms with Gasteiger partial charge in [0, 0.05) is 50.8 Å². The summed E-state index contributed by atoms with van der Waals surface area (Å²) in [6.07, 6.45) is 3.98. The van der Waals surface area contributed by atoms with E-state index in [4.69, 9.17) is 23.7 Å². The van der Waals surface area contributed by atoms with Gasteiger partial charge < -0.3 is 38.8 Å². The molecule has 1 unspecified atom stereocenters. The molecule has 2 amide bonds. The Labute approximate surface area is 279 Å². The van der Waals surface area contributed by atoms with Gasteiger partial charge in [-0.1, -0.05) is 6.92 Å². The number of nitro benzene ring substituents is 1. The molecule has 2 saturated heterocycles. The molecule has 0 radical (unpaired) electrons. The number of hydrogen-bond acceptors (Lipinski definition) is 11. The number of anilines is 1. The third-order valence-electron chi connectivity index (χ3n) is 8.75. The third kappa shape index (κ3) is 7.48. The predicted molar refractivity (Wildman–Crippen MR) is 178 cm³/mol. The molecular formula is C33H44N4O9S. The summed E-state index contributed by atoms with van der Waals surface area (Å²) in [5, 5.41) is 15.5. The molecule has 0 spiro atoms. The highest BCUT2D eigenvalue weighted by molar-refractivity contribution is 7.99. The number of ether oxygens (including phenoxy) is 5. The lowest BCUT2D eigenvalue weighted by molar-refractivity contribution is -0.385. The Morgan fingerprint density at radius 2 is 1.72 bits per heavy atom. The Kier molecular flexibility index (Phi) is 11.6. The van der Waals surface area contributed by atoms with E-state index in [-0.39, 0.29) is 59.4 Å². The number of hydrogen-bond donors (Lipinski definition) is 1. The summed E-state index contributed by atoms with van der Waals surface area (Å²) in [7, 11) is 2.96. The summed E-state index contributed by atoms with van der Waals surface area (Å²) < 4.78 is 28.9. The largest absolute Gasteiger partial charge is 0.493 e. The first-order chi connectivity index (χ1) is 22.8. The van der Waals surface area contributed by atoms with Crippen LogP contribution in [0.4, 0.5) is 11.4 Å². The van der Waals surface area contributed by atoms with Crippen molar-refractivity contribution in [2.24, 2.45) is 0 Å². The molecule has 3 aliphatic heterocycles. The van der Waals surface area contributed by atoms with Crippen LogP contribution in [-0.4, -0.2) is 103 Å². The van der Waals surface area contributed by atoms with Gasteiger partial charge in [-0.15, -0.1) is 11.8 Å². The van der Waals surface area contributed by atoms with Crippen molar-refractivity contribution in [3.63, 3.8) is 0 Å². The molecule has 13 nitrogen and oxygen atoms in total. The van der Waals surface area contributed by atoms with Crippen molar-refractivity contribution in [1.82, 2.24) is 9.80 Å². The van der Waals surface area contributed by atoms with Gasteiger partial charge in [0.15, 0.2) is 23.0 Å². The Bertz CT molecular complexity index is 1450. The van der Waals surface area contributed by atoms with Gasteiger partial charge in [0.05, 0.1) is 55.7 Å². The number of nitro groups is 1. The van der Waals surface area contributed by atoms with Crippen LogP contribution in [0.3, 0.4) is 0 Å². The molecular weight excluding hydrogens is 628 g/mol. The van der Waals surface area contributed by atoms with Gasteiger partial charge in [-0.25, -0.2) is 0 Å². The molecule has 0 saturated carbocycles. The molecule has 14 heteroatoms. The molecule has 2 aromatic rings. The van der Waals surface area contributed by atoms with Gasteiger partial charge in [0.1, 0.15) is 11.0 Å². The van der Waals surface area contributed by atoms with Crippen LogP contribution in [0.5, 0.6) is 23.0 Å². The molecule has 5 rings (SSSR count). The fourth-order valence-electron chi connectivity index (χ4n) is 6.50. The first-order valence-electron chi connectivity index (χ1n) is 16.2. The van der Waals surface area contributed by atoms with Crippen molar-refractivity contribution in [2.45, 2.75) is 63.5 Å².